The van der Waals surface area contributed by atoms with Crippen LogP contribution < -0.4 is 4.90 Å². The van der Waals surface area contributed by atoms with Crippen LogP contribution in [0.1, 0.15) is 24.3 Å². The summed E-state index contributed by atoms with van der Waals surface area (Å²) in [5, 5.41) is 9.29. The Labute approximate surface area is 117 Å². The standard InChI is InChI=1S/C13H19N3O4/c1-13(2)8-16(6-9(7-17)20-13)11-5-14-10(4-15-11)12(18)19-3/h4-5,9,17H,6-8H2,1-3H3. The van der Waals surface area contributed by atoms with Crippen LogP contribution in [0, 0.1) is 0 Å². The molecule has 1 atom stereocenters. The van der Waals surface area contributed by atoms with Crippen LogP contribution in [-0.2, 0) is 9.47 Å². The van der Waals surface area contributed by atoms with Crippen molar-refractivity contribution in [2.45, 2.75) is 25.6 Å². The van der Waals surface area contributed by atoms with Gasteiger partial charge in [-0.2, -0.15) is 0 Å². The maximum atomic E-state index is 11.3. The maximum absolute atomic E-state index is 11.3. The first-order valence-electron chi connectivity index (χ1n) is 6.39. The number of esters is 1. The zero-order valence-corrected chi connectivity index (χ0v) is 11.9. The second-order valence-electron chi connectivity index (χ2n) is 5.31. The highest BCUT2D eigenvalue weighted by atomic mass is 16.5. The summed E-state index contributed by atoms with van der Waals surface area (Å²) in [4.78, 5) is 21.6. The highest BCUT2D eigenvalue weighted by Crippen LogP contribution is 2.24. The number of aliphatic hydroxyl groups is 1. The molecular formula is C13H19N3O4. The first-order valence-corrected chi connectivity index (χ1v) is 6.39. The molecule has 7 nitrogen and oxygen atoms in total. The van der Waals surface area contributed by atoms with Crippen molar-refractivity contribution in [3.8, 4) is 0 Å². The van der Waals surface area contributed by atoms with Crippen molar-refractivity contribution in [2.75, 3.05) is 31.7 Å². The Morgan fingerprint density at radius 1 is 1.55 bits per heavy atom. The van der Waals surface area contributed by atoms with Gasteiger partial charge in [-0.05, 0) is 13.8 Å². The van der Waals surface area contributed by atoms with E-state index in [1.807, 2.05) is 18.7 Å². The Balaban J connectivity index is 2.16. The van der Waals surface area contributed by atoms with Crippen LogP contribution in [0.4, 0.5) is 5.82 Å². The predicted octanol–water partition coefficient (Wildman–Crippen LogP) is 0.239. The zero-order chi connectivity index (χ0) is 14.8. The summed E-state index contributed by atoms with van der Waals surface area (Å²) in [5.74, 6) is 0.132. The van der Waals surface area contributed by atoms with E-state index in [1.165, 1.54) is 19.5 Å². The van der Waals surface area contributed by atoms with Gasteiger partial charge in [-0.15, -0.1) is 0 Å². The second kappa shape index (κ2) is 5.72. The van der Waals surface area contributed by atoms with Crippen LogP contribution in [-0.4, -0.2) is 59.6 Å². The van der Waals surface area contributed by atoms with Crippen LogP contribution in [0.5, 0.6) is 0 Å². The SMILES string of the molecule is COC(=O)c1cnc(N2CC(CO)OC(C)(C)C2)cn1. The molecule has 1 aromatic heterocycles. The fourth-order valence-electron chi connectivity index (χ4n) is 2.26. The third kappa shape index (κ3) is 3.23. The Morgan fingerprint density at radius 2 is 2.30 bits per heavy atom. The summed E-state index contributed by atoms with van der Waals surface area (Å²) in [6, 6.07) is 0. The number of hydrogen-bond donors (Lipinski definition) is 1. The first kappa shape index (κ1) is 14.7. The van der Waals surface area contributed by atoms with Crippen molar-refractivity contribution in [3.05, 3.63) is 18.1 Å². The van der Waals surface area contributed by atoms with Crippen LogP contribution in [0.15, 0.2) is 12.4 Å². The van der Waals surface area contributed by atoms with E-state index in [4.69, 9.17) is 4.74 Å². The number of rotatable bonds is 3. The molecule has 0 radical (unpaired) electrons. The lowest BCUT2D eigenvalue weighted by atomic mass is 10.1. The third-order valence-electron chi connectivity index (χ3n) is 3.04. The van der Waals surface area contributed by atoms with Crippen molar-refractivity contribution in [2.24, 2.45) is 0 Å². The molecule has 2 heterocycles. The van der Waals surface area contributed by atoms with Gasteiger partial charge in [0, 0.05) is 13.1 Å². The second-order valence-corrected chi connectivity index (χ2v) is 5.31. The van der Waals surface area contributed by atoms with E-state index in [2.05, 4.69) is 14.7 Å². The maximum Gasteiger partial charge on any atom is 0.358 e. The Morgan fingerprint density at radius 3 is 2.85 bits per heavy atom. The number of nitrogens with zero attached hydrogens (tertiary/aromatic N) is 3. The van der Waals surface area contributed by atoms with Gasteiger partial charge in [0.05, 0.1) is 37.8 Å². The summed E-state index contributed by atoms with van der Waals surface area (Å²) < 4.78 is 10.3. The molecule has 1 N–H and O–H groups in total. The van der Waals surface area contributed by atoms with Gasteiger partial charge in [0.1, 0.15) is 5.82 Å². The number of aromatic nitrogens is 2. The Kier molecular flexibility index (Phi) is 4.20. The molecule has 110 valence electrons. The van der Waals surface area contributed by atoms with E-state index >= 15 is 0 Å². The largest absolute Gasteiger partial charge is 0.464 e. The van der Waals surface area contributed by atoms with E-state index in [0.29, 0.717) is 18.9 Å². The zero-order valence-electron chi connectivity index (χ0n) is 11.9. The molecule has 0 aliphatic carbocycles. The highest BCUT2D eigenvalue weighted by molar-refractivity contribution is 5.86. The number of hydrogen-bond acceptors (Lipinski definition) is 7. The minimum Gasteiger partial charge on any atom is -0.464 e. The van der Waals surface area contributed by atoms with Crippen LogP contribution in [0.2, 0.25) is 0 Å². The van der Waals surface area contributed by atoms with Gasteiger partial charge in [-0.25, -0.2) is 14.8 Å². The fourth-order valence-corrected chi connectivity index (χ4v) is 2.26. The van der Waals surface area contributed by atoms with Gasteiger partial charge < -0.3 is 19.5 Å². The minimum absolute atomic E-state index is 0.0480. The average Bonchev–Trinajstić information content (AvgIpc) is 2.44. The van der Waals surface area contributed by atoms with Gasteiger partial charge in [0.2, 0.25) is 0 Å². The van der Waals surface area contributed by atoms with Gasteiger partial charge in [-0.3, -0.25) is 0 Å². The number of methoxy groups -OCH3 is 1. The van der Waals surface area contributed by atoms with E-state index in [-0.39, 0.29) is 24.0 Å². The molecule has 1 aliphatic rings. The minimum atomic E-state index is -0.514. The highest BCUT2D eigenvalue weighted by Gasteiger charge is 2.33. The predicted molar refractivity (Wildman–Crippen MR) is 71.6 cm³/mol. The number of aliphatic hydroxyl groups excluding tert-OH is 1. The number of anilines is 1. The lowest BCUT2D eigenvalue weighted by molar-refractivity contribution is -0.101. The normalized spacial score (nSPS) is 21.6. The summed E-state index contributed by atoms with van der Waals surface area (Å²) in [7, 11) is 1.30. The van der Waals surface area contributed by atoms with Gasteiger partial charge in [0.15, 0.2) is 5.69 Å². The van der Waals surface area contributed by atoms with E-state index in [1.54, 1.807) is 0 Å². The van der Waals surface area contributed by atoms with Crippen molar-refractivity contribution >= 4 is 11.8 Å². The average molecular weight is 281 g/mol. The molecule has 1 fully saturated rings. The molecule has 20 heavy (non-hydrogen) atoms. The van der Waals surface area contributed by atoms with Crippen molar-refractivity contribution < 1.29 is 19.4 Å². The topological polar surface area (TPSA) is 84.8 Å². The molecule has 7 heteroatoms. The quantitative estimate of drug-likeness (QED) is 0.794. The molecule has 0 spiro atoms. The molecule has 1 aromatic rings. The van der Waals surface area contributed by atoms with E-state index in [0.717, 1.165) is 0 Å². The molecular weight excluding hydrogens is 262 g/mol. The Bertz CT molecular complexity index is 475. The summed E-state index contributed by atoms with van der Waals surface area (Å²) >= 11 is 0. The summed E-state index contributed by atoms with van der Waals surface area (Å²) in [5.41, 5.74) is -0.212. The van der Waals surface area contributed by atoms with Gasteiger partial charge in [-0.1, -0.05) is 0 Å². The van der Waals surface area contributed by atoms with Gasteiger partial charge in [0.25, 0.3) is 0 Å². The number of ether oxygens (including phenoxy) is 2. The molecule has 2 rings (SSSR count). The van der Waals surface area contributed by atoms with Crippen LogP contribution in [0.3, 0.4) is 0 Å². The number of carbonyl (C=O) groups excluding carboxylic acids is 1. The van der Waals surface area contributed by atoms with E-state index in [9.17, 15) is 9.90 Å². The first-order chi connectivity index (χ1) is 9.45. The smallest absolute Gasteiger partial charge is 0.358 e. The monoisotopic (exact) mass is 281 g/mol. The summed E-state index contributed by atoms with van der Waals surface area (Å²) in [6.45, 7) is 5.03. The molecule has 1 aliphatic heterocycles. The lowest BCUT2D eigenvalue weighted by Gasteiger charge is -2.42. The number of morpholine rings is 1. The molecule has 0 bridgehead atoms. The molecule has 0 saturated carbocycles. The fraction of sp³-hybridized carbons (Fsp3) is 0.615. The van der Waals surface area contributed by atoms with E-state index < -0.39 is 5.97 Å². The van der Waals surface area contributed by atoms with Crippen molar-refractivity contribution in [1.82, 2.24) is 9.97 Å². The van der Waals surface area contributed by atoms with Crippen molar-refractivity contribution in [3.63, 3.8) is 0 Å². The van der Waals surface area contributed by atoms with Gasteiger partial charge >= 0.3 is 5.97 Å². The molecule has 1 unspecified atom stereocenters. The molecule has 1 saturated heterocycles. The molecule has 0 amide bonds. The number of carbonyl (C=O) groups is 1. The Hall–Kier alpha value is -1.73. The molecule has 0 aromatic carbocycles. The van der Waals surface area contributed by atoms with Crippen molar-refractivity contribution in [1.29, 1.82) is 0 Å². The lowest BCUT2D eigenvalue weighted by Crippen LogP contribution is -2.54. The third-order valence-corrected chi connectivity index (χ3v) is 3.04. The van der Waals surface area contributed by atoms with Crippen LogP contribution >= 0.6 is 0 Å². The summed E-state index contributed by atoms with van der Waals surface area (Å²) in [6.07, 6.45) is 2.65. The van der Waals surface area contributed by atoms with Crippen LogP contribution in [0.25, 0.3) is 0 Å².